The van der Waals surface area contributed by atoms with Crippen molar-refractivity contribution in [2.24, 2.45) is 0 Å². The van der Waals surface area contributed by atoms with Gasteiger partial charge in [0.15, 0.2) is 0 Å². The number of H-pyrrole nitrogens is 1. The number of nitrogens with one attached hydrogen (secondary N) is 1. The molecular formula is C11H12BNO6. The number of aliphatic hydroxyl groups excluding tert-OH is 1. The van der Waals surface area contributed by atoms with Crippen LogP contribution < -0.4 is 5.46 Å². The van der Waals surface area contributed by atoms with E-state index in [1.54, 1.807) is 0 Å². The van der Waals surface area contributed by atoms with Crippen LogP contribution in [0.3, 0.4) is 0 Å². The molecule has 0 fully saturated rings. The fourth-order valence-electron chi connectivity index (χ4n) is 1.97. The molecule has 0 radical (unpaired) electrons. The molecular weight excluding hydrogens is 253 g/mol. The molecule has 0 saturated heterocycles. The zero-order chi connectivity index (χ0) is 14.2. The maximum atomic E-state index is 11.4. The van der Waals surface area contributed by atoms with Gasteiger partial charge in [-0.15, -0.1) is 0 Å². The molecule has 1 aromatic carbocycles. The predicted octanol–water partition coefficient (Wildman–Crippen LogP) is -1.17. The third-order valence-electron chi connectivity index (χ3n) is 2.86. The fourth-order valence-corrected chi connectivity index (χ4v) is 1.97. The molecule has 1 aromatic heterocycles. The summed E-state index contributed by atoms with van der Waals surface area (Å²) in [6.07, 6.45) is 0. The van der Waals surface area contributed by atoms with Gasteiger partial charge in [0.25, 0.3) is 0 Å². The Kier molecular flexibility index (Phi) is 3.47. The van der Waals surface area contributed by atoms with Gasteiger partial charge in [0.2, 0.25) is 0 Å². The number of esters is 1. The second-order valence-electron chi connectivity index (χ2n) is 3.97. The molecule has 2 aromatic rings. The lowest BCUT2D eigenvalue weighted by molar-refractivity contribution is 0.0595. The molecule has 0 bridgehead atoms. The standard InChI is InChI=1S/C11H12BNO6/c1-19-11(16)8-3-6-7(13-8)2-5(4-14)9(10(6)15)12(17)18/h2-3,13-15,17-18H,4H2,1H3. The van der Waals surface area contributed by atoms with Crippen LogP contribution in [-0.2, 0) is 11.3 Å². The van der Waals surface area contributed by atoms with E-state index in [0.29, 0.717) is 5.52 Å². The van der Waals surface area contributed by atoms with Crippen molar-refractivity contribution in [1.82, 2.24) is 4.98 Å². The number of hydrogen-bond acceptors (Lipinski definition) is 6. The number of carbonyl (C=O) groups excluding carboxylic acids is 1. The Balaban J connectivity index is 2.72. The number of phenolic OH excluding ortho intramolecular Hbond substituents is 1. The van der Waals surface area contributed by atoms with E-state index in [9.17, 15) is 25.1 Å². The molecule has 0 aliphatic carbocycles. The first kappa shape index (κ1) is 13.4. The molecule has 2 rings (SSSR count). The van der Waals surface area contributed by atoms with Crippen LogP contribution in [0.4, 0.5) is 0 Å². The van der Waals surface area contributed by atoms with Crippen LogP contribution >= 0.6 is 0 Å². The Hall–Kier alpha value is -2.03. The molecule has 0 atom stereocenters. The Labute approximate surface area is 108 Å². The van der Waals surface area contributed by atoms with Gasteiger partial charge in [0, 0.05) is 10.8 Å². The topological polar surface area (TPSA) is 123 Å². The Morgan fingerprint density at radius 3 is 2.63 bits per heavy atom. The zero-order valence-corrected chi connectivity index (χ0v) is 10.0. The number of benzene rings is 1. The van der Waals surface area contributed by atoms with Gasteiger partial charge in [-0.2, -0.15) is 0 Å². The van der Waals surface area contributed by atoms with Crippen LogP contribution in [0.1, 0.15) is 16.1 Å². The molecule has 1 heterocycles. The number of aromatic amines is 1. The number of aliphatic hydroxyl groups is 1. The summed E-state index contributed by atoms with van der Waals surface area (Å²) in [5.41, 5.74) is 0.455. The summed E-state index contributed by atoms with van der Waals surface area (Å²) in [6, 6.07) is 2.76. The zero-order valence-electron chi connectivity index (χ0n) is 10.0. The van der Waals surface area contributed by atoms with E-state index in [1.165, 1.54) is 19.2 Å². The first-order chi connectivity index (χ1) is 8.99. The summed E-state index contributed by atoms with van der Waals surface area (Å²) in [5.74, 6) is -1.02. The minimum atomic E-state index is -1.93. The van der Waals surface area contributed by atoms with E-state index in [1.807, 2.05) is 0 Å². The van der Waals surface area contributed by atoms with Crippen molar-refractivity contribution in [2.75, 3.05) is 7.11 Å². The van der Waals surface area contributed by atoms with Gasteiger partial charge in [0.1, 0.15) is 11.4 Å². The molecule has 0 unspecified atom stereocenters. The van der Waals surface area contributed by atoms with Crippen molar-refractivity contribution in [3.8, 4) is 5.75 Å². The highest BCUT2D eigenvalue weighted by atomic mass is 16.5. The molecule has 0 saturated carbocycles. The Morgan fingerprint density at radius 2 is 2.11 bits per heavy atom. The number of fused-ring (bicyclic) bond motifs is 1. The summed E-state index contributed by atoms with van der Waals surface area (Å²) in [4.78, 5) is 14.1. The van der Waals surface area contributed by atoms with Crippen LogP contribution in [0, 0.1) is 0 Å². The number of carbonyl (C=O) groups is 1. The highest BCUT2D eigenvalue weighted by Crippen LogP contribution is 2.26. The van der Waals surface area contributed by atoms with Crippen molar-refractivity contribution < 1.29 is 29.8 Å². The van der Waals surface area contributed by atoms with E-state index < -0.39 is 25.4 Å². The molecule has 0 spiro atoms. The number of aromatic hydroxyl groups is 1. The Morgan fingerprint density at radius 1 is 1.42 bits per heavy atom. The molecule has 100 valence electrons. The number of methoxy groups -OCH3 is 1. The molecule has 5 N–H and O–H groups in total. The van der Waals surface area contributed by atoms with Crippen LogP contribution in [0.2, 0.25) is 0 Å². The lowest BCUT2D eigenvalue weighted by Crippen LogP contribution is -2.33. The molecule has 0 aliphatic rings. The maximum Gasteiger partial charge on any atom is 0.492 e. The average Bonchev–Trinajstić information content (AvgIpc) is 2.81. The van der Waals surface area contributed by atoms with E-state index in [0.717, 1.165) is 0 Å². The van der Waals surface area contributed by atoms with Crippen LogP contribution in [0.25, 0.3) is 10.9 Å². The fraction of sp³-hybridized carbons (Fsp3) is 0.182. The monoisotopic (exact) mass is 265 g/mol. The number of phenols is 1. The minimum Gasteiger partial charge on any atom is -0.508 e. The summed E-state index contributed by atoms with van der Waals surface area (Å²) < 4.78 is 4.54. The largest absolute Gasteiger partial charge is 0.508 e. The number of hydrogen-bond donors (Lipinski definition) is 5. The van der Waals surface area contributed by atoms with Crippen LogP contribution in [0.15, 0.2) is 12.1 Å². The van der Waals surface area contributed by atoms with Crippen molar-refractivity contribution >= 4 is 29.5 Å². The van der Waals surface area contributed by atoms with Gasteiger partial charge >= 0.3 is 13.1 Å². The highest BCUT2D eigenvalue weighted by molar-refractivity contribution is 6.61. The van der Waals surface area contributed by atoms with Gasteiger partial charge in [-0.05, 0) is 17.7 Å². The van der Waals surface area contributed by atoms with Crippen molar-refractivity contribution in [1.29, 1.82) is 0 Å². The third kappa shape index (κ3) is 2.16. The molecule has 8 heteroatoms. The number of ether oxygens (including phenoxy) is 1. The van der Waals surface area contributed by atoms with Gasteiger partial charge in [0.05, 0.1) is 19.2 Å². The van der Waals surface area contributed by atoms with Crippen LogP contribution in [-0.4, -0.2) is 45.4 Å². The van der Waals surface area contributed by atoms with Gasteiger partial charge < -0.3 is 30.0 Å². The van der Waals surface area contributed by atoms with Crippen molar-refractivity contribution in [3.63, 3.8) is 0 Å². The summed E-state index contributed by atoms with van der Waals surface area (Å²) in [5, 5.41) is 37.8. The smallest absolute Gasteiger partial charge is 0.492 e. The highest BCUT2D eigenvalue weighted by Gasteiger charge is 2.24. The lowest BCUT2D eigenvalue weighted by Gasteiger charge is -2.09. The lowest BCUT2D eigenvalue weighted by atomic mass is 9.75. The second-order valence-corrected chi connectivity index (χ2v) is 3.97. The summed E-state index contributed by atoms with van der Waals surface area (Å²) >= 11 is 0. The van der Waals surface area contributed by atoms with Crippen molar-refractivity contribution in [2.45, 2.75) is 6.61 Å². The molecule has 0 aliphatic heterocycles. The predicted molar refractivity (Wildman–Crippen MR) is 67.1 cm³/mol. The number of aromatic nitrogens is 1. The van der Waals surface area contributed by atoms with Gasteiger partial charge in [-0.1, -0.05) is 0 Å². The minimum absolute atomic E-state index is 0.112. The number of rotatable bonds is 3. The second kappa shape index (κ2) is 4.92. The van der Waals surface area contributed by atoms with Gasteiger partial charge in [-0.3, -0.25) is 0 Å². The normalized spacial score (nSPS) is 10.7. The van der Waals surface area contributed by atoms with Crippen molar-refractivity contribution in [3.05, 3.63) is 23.4 Å². The quantitative estimate of drug-likeness (QED) is 0.352. The van der Waals surface area contributed by atoms with E-state index >= 15 is 0 Å². The third-order valence-corrected chi connectivity index (χ3v) is 2.86. The van der Waals surface area contributed by atoms with E-state index in [2.05, 4.69) is 9.72 Å². The SMILES string of the molecule is COC(=O)c1cc2c(O)c(B(O)O)c(CO)cc2[nH]1. The maximum absolute atomic E-state index is 11.4. The first-order valence-electron chi connectivity index (χ1n) is 5.42. The molecule has 19 heavy (non-hydrogen) atoms. The van der Waals surface area contributed by atoms with E-state index in [4.69, 9.17) is 0 Å². The summed E-state index contributed by atoms with van der Waals surface area (Å²) in [7, 11) is -0.710. The molecule has 0 amide bonds. The Bertz CT molecular complexity index is 636. The summed E-state index contributed by atoms with van der Waals surface area (Å²) in [6.45, 7) is -0.483. The molecule has 7 nitrogen and oxygen atoms in total. The first-order valence-corrected chi connectivity index (χ1v) is 5.42. The van der Waals surface area contributed by atoms with Crippen LogP contribution in [0.5, 0.6) is 5.75 Å². The van der Waals surface area contributed by atoms with Gasteiger partial charge in [-0.25, -0.2) is 4.79 Å². The average molecular weight is 265 g/mol. The van der Waals surface area contributed by atoms with E-state index in [-0.39, 0.29) is 22.1 Å².